The molecule has 0 aliphatic heterocycles. The van der Waals surface area contributed by atoms with Gasteiger partial charge in [0.1, 0.15) is 5.75 Å². The van der Waals surface area contributed by atoms with Crippen molar-refractivity contribution in [3.8, 4) is 5.75 Å². The summed E-state index contributed by atoms with van der Waals surface area (Å²) in [6.45, 7) is 3.44. The lowest BCUT2D eigenvalue weighted by atomic mass is 10.3. The summed E-state index contributed by atoms with van der Waals surface area (Å²) in [6.07, 6.45) is 1.41. The van der Waals surface area contributed by atoms with Crippen molar-refractivity contribution in [3.05, 3.63) is 41.6 Å². The van der Waals surface area contributed by atoms with Crippen molar-refractivity contribution in [2.75, 3.05) is 0 Å². The van der Waals surface area contributed by atoms with Gasteiger partial charge < -0.3 is 4.74 Å². The lowest BCUT2D eigenvalue weighted by Gasteiger charge is -1.97. The van der Waals surface area contributed by atoms with Crippen LogP contribution in [-0.4, -0.2) is 0 Å². The number of hydrogen-bond donors (Lipinski definition) is 0. The van der Waals surface area contributed by atoms with E-state index >= 15 is 0 Å². The third-order valence-corrected chi connectivity index (χ3v) is 1.56. The summed E-state index contributed by atoms with van der Waals surface area (Å²) in [4.78, 5) is 0. The van der Waals surface area contributed by atoms with E-state index in [0.717, 1.165) is 10.2 Å². The van der Waals surface area contributed by atoms with Gasteiger partial charge in [-0.25, -0.2) is 0 Å². The van der Waals surface area contributed by atoms with Gasteiger partial charge in [-0.1, -0.05) is 22.5 Å². The SMILES string of the molecule is C=COc1ccc(Br)cc1.N#N. The van der Waals surface area contributed by atoms with Crippen LogP contribution in [-0.2, 0) is 0 Å². The molecule has 0 aromatic heterocycles. The Morgan fingerprint density at radius 1 is 1.25 bits per heavy atom. The first-order chi connectivity index (χ1) is 5.83. The summed E-state index contributed by atoms with van der Waals surface area (Å²) in [6, 6.07) is 7.56. The molecule has 12 heavy (non-hydrogen) atoms. The predicted octanol–water partition coefficient (Wildman–Crippen LogP) is 3.00. The number of ether oxygens (including phenoxy) is 1. The molecule has 3 nitrogen and oxygen atoms in total. The summed E-state index contributed by atoms with van der Waals surface area (Å²) in [5.74, 6) is 0.804. The standard InChI is InChI=1S/C8H7BrO.N2/c1-2-10-8-5-3-7(9)4-6-8;1-2/h2-6H,1H2;. The predicted molar refractivity (Wildman–Crippen MR) is 48.4 cm³/mol. The Kier molecular flexibility index (Phi) is 5.66. The Labute approximate surface area is 79.2 Å². The van der Waals surface area contributed by atoms with Gasteiger partial charge in [0.05, 0.1) is 6.26 Å². The number of nitrogens with zero attached hydrogens (tertiary/aromatic N) is 2. The molecule has 4 heteroatoms. The molecule has 0 atom stereocenters. The van der Waals surface area contributed by atoms with E-state index in [1.165, 1.54) is 6.26 Å². The van der Waals surface area contributed by atoms with E-state index in [4.69, 9.17) is 15.5 Å². The van der Waals surface area contributed by atoms with Crippen LogP contribution in [0.5, 0.6) is 5.75 Å². The highest BCUT2D eigenvalue weighted by atomic mass is 79.9. The van der Waals surface area contributed by atoms with E-state index in [1.807, 2.05) is 24.3 Å². The van der Waals surface area contributed by atoms with Crippen LogP contribution in [0.4, 0.5) is 0 Å². The van der Waals surface area contributed by atoms with Gasteiger partial charge >= 0.3 is 0 Å². The van der Waals surface area contributed by atoms with Crippen molar-refractivity contribution in [2.45, 2.75) is 0 Å². The second-order valence-electron chi connectivity index (χ2n) is 1.74. The van der Waals surface area contributed by atoms with Crippen molar-refractivity contribution in [1.29, 1.82) is 10.8 Å². The molecule has 1 aromatic carbocycles. The van der Waals surface area contributed by atoms with Gasteiger partial charge in [-0.15, -0.1) is 0 Å². The smallest absolute Gasteiger partial charge is 0.126 e. The zero-order chi connectivity index (χ0) is 9.40. The summed E-state index contributed by atoms with van der Waals surface area (Å²) < 4.78 is 6.05. The Hall–Kier alpha value is -1.34. The molecular formula is C8H7BrN2O. The van der Waals surface area contributed by atoms with E-state index < -0.39 is 0 Å². The summed E-state index contributed by atoms with van der Waals surface area (Å²) in [7, 11) is 0. The molecule has 1 aromatic rings. The number of halogens is 1. The molecule has 0 radical (unpaired) electrons. The fourth-order valence-electron chi connectivity index (χ4n) is 0.609. The molecule has 62 valence electrons. The molecular weight excluding hydrogens is 220 g/mol. The van der Waals surface area contributed by atoms with Crippen molar-refractivity contribution in [3.63, 3.8) is 0 Å². The molecule has 0 bridgehead atoms. The van der Waals surface area contributed by atoms with Crippen LogP contribution in [0.25, 0.3) is 0 Å². The second kappa shape index (κ2) is 6.38. The molecule has 1 rings (SSSR count). The second-order valence-corrected chi connectivity index (χ2v) is 2.65. The Bertz CT molecular complexity index is 256. The minimum Gasteiger partial charge on any atom is -0.466 e. The van der Waals surface area contributed by atoms with Crippen LogP contribution in [0.3, 0.4) is 0 Å². The molecule has 0 unspecified atom stereocenters. The average Bonchev–Trinajstić information content (AvgIpc) is 2.13. The first-order valence-electron chi connectivity index (χ1n) is 3.06. The van der Waals surface area contributed by atoms with E-state index in [1.54, 1.807) is 0 Å². The topological polar surface area (TPSA) is 56.8 Å². The minimum absolute atomic E-state index is 0.804. The summed E-state index contributed by atoms with van der Waals surface area (Å²) in [5.41, 5.74) is 0. The van der Waals surface area contributed by atoms with Crippen molar-refractivity contribution < 1.29 is 4.74 Å². The largest absolute Gasteiger partial charge is 0.466 e. The minimum atomic E-state index is 0.804. The number of rotatable bonds is 2. The third-order valence-electron chi connectivity index (χ3n) is 1.03. The monoisotopic (exact) mass is 226 g/mol. The van der Waals surface area contributed by atoms with Crippen LogP contribution >= 0.6 is 15.9 Å². The Balaban J connectivity index is 0.000000561. The lowest BCUT2D eigenvalue weighted by molar-refractivity contribution is 0.483. The maximum absolute atomic E-state index is 6.00. The van der Waals surface area contributed by atoms with Gasteiger partial charge in [0.25, 0.3) is 0 Å². The lowest BCUT2D eigenvalue weighted by Crippen LogP contribution is -1.78. The molecule has 0 amide bonds. The van der Waals surface area contributed by atoms with Crippen LogP contribution in [0, 0.1) is 10.8 Å². The molecule has 0 aliphatic carbocycles. The number of hydrogen-bond acceptors (Lipinski definition) is 3. The first kappa shape index (κ1) is 10.7. The van der Waals surface area contributed by atoms with Crippen LogP contribution in [0.1, 0.15) is 0 Å². The maximum Gasteiger partial charge on any atom is 0.126 e. The fourth-order valence-corrected chi connectivity index (χ4v) is 0.874. The highest BCUT2D eigenvalue weighted by molar-refractivity contribution is 9.10. The summed E-state index contributed by atoms with van der Waals surface area (Å²) in [5, 5.41) is 12.0. The quantitative estimate of drug-likeness (QED) is 0.576. The molecule has 0 saturated carbocycles. The van der Waals surface area contributed by atoms with Gasteiger partial charge in [0.15, 0.2) is 0 Å². The Morgan fingerprint density at radius 2 is 1.75 bits per heavy atom. The third kappa shape index (κ3) is 3.74. The highest BCUT2D eigenvalue weighted by Gasteiger charge is 1.88. The average molecular weight is 227 g/mol. The van der Waals surface area contributed by atoms with Gasteiger partial charge in [-0.05, 0) is 24.3 Å². The molecule has 0 N–H and O–H groups in total. The number of benzene rings is 1. The van der Waals surface area contributed by atoms with Crippen molar-refractivity contribution in [2.24, 2.45) is 0 Å². The van der Waals surface area contributed by atoms with Gasteiger partial charge in [0.2, 0.25) is 0 Å². The molecule has 0 saturated heterocycles. The van der Waals surface area contributed by atoms with Crippen molar-refractivity contribution >= 4 is 15.9 Å². The van der Waals surface area contributed by atoms with Gasteiger partial charge in [0, 0.05) is 15.3 Å². The van der Waals surface area contributed by atoms with Crippen LogP contribution in [0.2, 0.25) is 0 Å². The van der Waals surface area contributed by atoms with Crippen molar-refractivity contribution in [1.82, 2.24) is 0 Å². The van der Waals surface area contributed by atoms with E-state index in [-0.39, 0.29) is 0 Å². The van der Waals surface area contributed by atoms with E-state index in [0.29, 0.717) is 0 Å². The van der Waals surface area contributed by atoms with Gasteiger partial charge in [-0.2, -0.15) is 0 Å². The van der Waals surface area contributed by atoms with E-state index in [9.17, 15) is 0 Å². The highest BCUT2D eigenvalue weighted by Crippen LogP contribution is 2.15. The normalized spacial score (nSPS) is 7.58. The zero-order valence-corrected chi connectivity index (χ0v) is 7.86. The first-order valence-corrected chi connectivity index (χ1v) is 3.85. The molecule has 0 heterocycles. The molecule has 0 spiro atoms. The van der Waals surface area contributed by atoms with Crippen LogP contribution in [0.15, 0.2) is 41.6 Å². The van der Waals surface area contributed by atoms with E-state index in [2.05, 4.69) is 22.5 Å². The maximum atomic E-state index is 6.00. The van der Waals surface area contributed by atoms with Crippen LogP contribution < -0.4 is 4.74 Å². The molecule has 0 fully saturated rings. The fraction of sp³-hybridized carbons (Fsp3) is 0. The molecule has 0 aliphatic rings. The van der Waals surface area contributed by atoms with Gasteiger partial charge in [-0.3, -0.25) is 0 Å². The Morgan fingerprint density at radius 3 is 2.17 bits per heavy atom. The summed E-state index contributed by atoms with van der Waals surface area (Å²) >= 11 is 3.32. The zero-order valence-electron chi connectivity index (χ0n) is 6.27.